The fourth-order valence-corrected chi connectivity index (χ4v) is 14.8. The number of carboxylic acid groups (broad SMARTS) is 1. The number of aliphatic carboxylic acids is 1. The van der Waals surface area contributed by atoms with Crippen molar-refractivity contribution in [3.63, 3.8) is 0 Å². The van der Waals surface area contributed by atoms with Crippen molar-refractivity contribution in [1.82, 2.24) is 0 Å². The van der Waals surface area contributed by atoms with Gasteiger partial charge in [-0.1, -0.05) is 60.1 Å². The first-order valence-electron chi connectivity index (χ1n) is 23.7. The Bertz CT molecular complexity index is 1820. The molecule has 5 aliphatic carbocycles. The van der Waals surface area contributed by atoms with Crippen LogP contribution in [-0.2, 0) is 38.0 Å². The zero-order chi connectivity index (χ0) is 47.6. The molecule has 0 spiro atoms. The van der Waals surface area contributed by atoms with E-state index in [9.17, 15) is 60.7 Å². The van der Waals surface area contributed by atoms with Gasteiger partial charge in [0.2, 0.25) is 6.29 Å². The fraction of sp³-hybridized carbons (Fsp3) is 0.915. The average Bonchev–Trinajstić information content (AvgIpc) is 3.52. The van der Waals surface area contributed by atoms with E-state index in [1.54, 1.807) is 0 Å². The molecule has 0 aromatic heterocycles. The average molecular weight is 927 g/mol. The molecule has 370 valence electrons. The molecule has 3 heterocycles. The molecule has 22 atom stereocenters. The summed E-state index contributed by atoms with van der Waals surface area (Å²) in [5.41, 5.74) is -0.800. The second-order valence-electron chi connectivity index (χ2n) is 23.0. The topological polar surface area (TPSA) is 292 Å². The second kappa shape index (κ2) is 17.2. The Morgan fingerprint density at radius 1 is 0.662 bits per heavy atom. The zero-order valence-electron chi connectivity index (χ0n) is 38.7. The van der Waals surface area contributed by atoms with E-state index >= 15 is 0 Å². The molecule has 7 fully saturated rings. The first kappa shape index (κ1) is 49.5. The summed E-state index contributed by atoms with van der Waals surface area (Å²) in [6.07, 6.45) is -13.2. The number of hydrogen-bond acceptors (Lipinski definition) is 17. The Balaban J connectivity index is 1.01. The molecule has 3 saturated heterocycles. The molecular formula is C47H74O18. The zero-order valence-corrected chi connectivity index (χ0v) is 38.7. The van der Waals surface area contributed by atoms with Gasteiger partial charge in [-0.25, -0.2) is 4.79 Å². The van der Waals surface area contributed by atoms with E-state index < -0.39 is 128 Å². The predicted octanol–water partition coefficient (Wildman–Crippen LogP) is 0.872. The van der Waals surface area contributed by atoms with Crippen LogP contribution in [0.2, 0.25) is 0 Å². The number of rotatable bonds is 9. The van der Waals surface area contributed by atoms with Gasteiger partial charge in [0.25, 0.3) is 0 Å². The second-order valence-corrected chi connectivity index (χ2v) is 23.0. The summed E-state index contributed by atoms with van der Waals surface area (Å²) < 4.78 is 35.0. The number of aliphatic hydroxyl groups is 9. The Hall–Kier alpha value is -1.88. The highest BCUT2D eigenvalue weighted by Crippen LogP contribution is 2.76. The lowest BCUT2D eigenvalue weighted by Crippen LogP contribution is -2.66. The molecule has 4 saturated carbocycles. The summed E-state index contributed by atoms with van der Waals surface area (Å²) in [6.45, 7) is 14.6. The summed E-state index contributed by atoms with van der Waals surface area (Å²) in [5.74, 6) is -1.77. The van der Waals surface area contributed by atoms with E-state index in [4.69, 9.17) is 28.4 Å². The summed E-state index contributed by atoms with van der Waals surface area (Å²) in [5, 5.41) is 104. The molecule has 3 aliphatic heterocycles. The maximum atomic E-state index is 14.6. The van der Waals surface area contributed by atoms with Gasteiger partial charge >= 0.3 is 11.9 Å². The van der Waals surface area contributed by atoms with Crippen LogP contribution in [0.4, 0.5) is 0 Å². The van der Waals surface area contributed by atoms with Crippen LogP contribution < -0.4 is 0 Å². The first-order valence-corrected chi connectivity index (χ1v) is 23.7. The number of carbonyl (C=O) groups is 2. The van der Waals surface area contributed by atoms with Crippen LogP contribution in [0.1, 0.15) is 113 Å². The van der Waals surface area contributed by atoms with Crippen LogP contribution in [0, 0.1) is 50.2 Å². The molecule has 8 rings (SSSR count). The number of hydrogen-bond donors (Lipinski definition) is 10. The Morgan fingerprint density at radius 2 is 1.25 bits per heavy atom. The third kappa shape index (κ3) is 7.67. The number of fused-ring (bicyclic) bond motifs is 7. The quantitative estimate of drug-likeness (QED) is 0.0872. The smallest absolute Gasteiger partial charge is 0.335 e. The van der Waals surface area contributed by atoms with E-state index in [0.29, 0.717) is 19.3 Å². The molecule has 18 heteroatoms. The number of allylic oxidation sites excluding steroid dienone is 2. The molecular weight excluding hydrogens is 852 g/mol. The molecule has 65 heavy (non-hydrogen) atoms. The van der Waals surface area contributed by atoms with Crippen LogP contribution in [-0.4, -0.2) is 168 Å². The van der Waals surface area contributed by atoms with Crippen molar-refractivity contribution in [2.45, 2.75) is 205 Å². The lowest BCUT2D eigenvalue weighted by molar-refractivity contribution is -0.342. The minimum atomic E-state index is -1.84. The lowest BCUT2D eigenvalue weighted by Gasteiger charge is -2.71. The Morgan fingerprint density at radius 3 is 1.89 bits per heavy atom. The fourth-order valence-electron chi connectivity index (χ4n) is 14.8. The van der Waals surface area contributed by atoms with Crippen molar-refractivity contribution >= 4 is 11.9 Å². The molecule has 0 radical (unpaired) electrons. The highest BCUT2D eigenvalue weighted by molar-refractivity contribution is 5.79. The molecule has 0 amide bonds. The maximum Gasteiger partial charge on any atom is 0.335 e. The van der Waals surface area contributed by atoms with Crippen molar-refractivity contribution in [2.75, 3.05) is 13.2 Å². The minimum absolute atomic E-state index is 0.0645. The SMILES string of the molecule is CC1(C)CC[C@]2(C(=O)O[C@@H]3O[C@H](CO)[C@@H](O)[C@H](O)[C@H]3O)CC[C@]3(C)C(=CC[C@@H]4[C@@]5(C)CC[C@H](O[C@@H]6O[C@H](C(=O)O)[C@@H](O[C@@H]7O[C@@H](CO)[C@@H](O)[C@@H]7O)[C@H](O)[C@H]6O)C(C)(C)[C@@H]5CC[C@]43C)[C@@H]2C1. The van der Waals surface area contributed by atoms with Gasteiger partial charge in [0.05, 0.1) is 24.7 Å². The monoisotopic (exact) mass is 926 g/mol. The molecule has 0 aromatic carbocycles. The van der Waals surface area contributed by atoms with Crippen molar-refractivity contribution in [3.8, 4) is 0 Å². The van der Waals surface area contributed by atoms with Crippen LogP contribution in [0.25, 0.3) is 0 Å². The third-order valence-corrected chi connectivity index (χ3v) is 18.9. The summed E-state index contributed by atoms with van der Waals surface area (Å²) in [7, 11) is 0. The number of carbonyl (C=O) groups excluding carboxylic acids is 1. The van der Waals surface area contributed by atoms with E-state index in [0.717, 1.165) is 44.9 Å². The molecule has 0 aromatic rings. The molecule has 18 nitrogen and oxygen atoms in total. The number of aliphatic hydroxyl groups excluding tert-OH is 9. The molecule has 0 unspecified atom stereocenters. The van der Waals surface area contributed by atoms with Crippen molar-refractivity contribution < 1.29 is 89.1 Å². The van der Waals surface area contributed by atoms with Gasteiger partial charge in [0.15, 0.2) is 18.7 Å². The van der Waals surface area contributed by atoms with E-state index in [1.807, 2.05) is 0 Å². The largest absolute Gasteiger partial charge is 0.479 e. The van der Waals surface area contributed by atoms with Gasteiger partial charge < -0.3 is 79.5 Å². The molecule has 0 bridgehead atoms. The highest BCUT2D eigenvalue weighted by Gasteiger charge is 2.70. The van der Waals surface area contributed by atoms with Gasteiger partial charge in [0, 0.05) is 0 Å². The summed E-state index contributed by atoms with van der Waals surface area (Å²) in [6, 6.07) is 0. The number of carboxylic acids is 1. The Labute approximate surface area is 380 Å². The van der Waals surface area contributed by atoms with E-state index in [-0.39, 0.29) is 39.4 Å². The van der Waals surface area contributed by atoms with Gasteiger partial charge in [-0.2, -0.15) is 0 Å². The maximum absolute atomic E-state index is 14.6. The summed E-state index contributed by atoms with van der Waals surface area (Å²) in [4.78, 5) is 27.2. The highest BCUT2D eigenvalue weighted by atomic mass is 16.8. The predicted molar refractivity (Wildman–Crippen MR) is 225 cm³/mol. The molecule has 8 aliphatic rings. The van der Waals surface area contributed by atoms with Crippen LogP contribution in [0.3, 0.4) is 0 Å². The van der Waals surface area contributed by atoms with Gasteiger partial charge in [-0.3, -0.25) is 4.79 Å². The van der Waals surface area contributed by atoms with Crippen LogP contribution >= 0.6 is 0 Å². The van der Waals surface area contributed by atoms with Crippen molar-refractivity contribution in [1.29, 1.82) is 0 Å². The Kier molecular flexibility index (Phi) is 13.1. The first-order chi connectivity index (χ1) is 30.3. The third-order valence-electron chi connectivity index (χ3n) is 18.9. The van der Waals surface area contributed by atoms with Crippen LogP contribution in [0.5, 0.6) is 0 Å². The van der Waals surface area contributed by atoms with E-state index in [1.165, 1.54) is 5.57 Å². The van der Waals surface area contributed by atoms with Gasteiger partial charge in [-0.15, -0.1) is 0 Å². The number of esters is 1. The lowest BCUT2D eigenvalue weighted by atomic mass is 9.33. The van der Waals surface area contributed by atoms with Crippen molar-refractivity contribution in [3.05, 3.63) is 11.6 Å². The van der Waals surface area contributed by atoms with E-state index in [2.05, 4.69) is 54.5 Å². The van der Waals surface area contributed by atoms with Gasteiger partial charge in [0.1, 0.15) is 61.0 Å². The normalized spacial score (nSPS) is 52.5. The molecule has 10 N–H and O–H groups in total. The standard InChI is InChI=1S/C47H74O18/c1-42(2)14-16-47(41(59)65-39-33(55)30(52)28(50)23(19-48)61-39)17-15-45(6)21(22(47)18-42)8-9-26-44(5)12-11-27(43(3,4)25(44)10-13-46(26,45)7)62-40-34(56)31(53)35(36(64-40)37(57)58)63-38-32(54)29(51)24(20-49)60-38/h8,22-36,38-40,48-56H,9-20H2,1-7H3,(H,57,58)/t22-,23+,24-,25-,26+,27-,28+,29+,30-,31+,32-,33+,34+,35-,36-,38-,39-,40+,44-,45+,46+,47-/m0/s1. The summed E-state index contributed by atoms with van der Waals surface area (Å²) >= 11 is 0. The van der Waals surface area contributed by atoms with Crippen molar-refractivity contribution in [2.24, 2.45) is 50.2 Å². The number of ether oxygens (including phenoxy) is 6. The minimum Gasteiger partial charge on any atom is -0.479 e. The van der Waals surface area contributed by atoms with Gasteiger partial charge in [-0.05, 0) is 109 Å². The van der Waals surface area contributed by atoms with Crippen LogP contribution in [0.15, 0.2) is 11.6 Å².